The fourth-order valence-electron chi connectivity index (χ4n) is 4.45. The van der Waals surface area contributed by atoms with Crippen LogP contribution >= 0.6 is 37.1 Å². The summed E-state index contributed by atoms with van der Waals surface area (Å²) < 4.78 is 39.5. The van der Waals surface area contributed by atoms with Gasteiger partial charge in [0.2, 0.25) is 0 Å². The van der Waals surface area contributed by atoms with Crippen molar-refractivity contribution in [2.24, 2.45) is 18.1 Å². The van der Waals surface area contributed by atoms with E-state index in [4.69, 9.17) is 18.1 Å². The molecular formula is C25H62N11P5. The summed E-state index contributed by atoms with van der Waals surface area (Å²) in [7, 11) is 15.6. The molecule has 11 nitrogen and oxygen atoms in total. The number of hydrogen-bond donors (Lipinski definition) is 0. The maximum atomic E-state index is 6.02. The van der Waals surface area contributed by atoms with E-state index in [-0.39, 0.29) is 0 Å². The zero-order valence-electron chi connectivity index (χ0n) is 29.3. The Morgan fingerprint density at radius 2 is 0.878 bits per heavy atom. The monoisotopic (exact) mass is 671 g/mol. The summed E-state index contributed by atoms with van der Waals surface area (Å²) in [6, 6.07) is 10.6. The molecule has 0 aromatic heterocycles. The zero-order chi connectivity index (χ0) is 32.2. The summed E-state index contributed by atoms with van der Waals surface area (Å²) in [6.45, 7) is 12.1. The summed E-state index contributed by atoms with van der Waals surface area (Å²) >= 11 is 0. The van der Waals surface area contributed by atoms with Crippen LogP contribution in [0, 0.1) is 0 Å². The van der Waals surface area contributed by atoms with E-state index in [1.54, 1.807) is 0 Å². The summed E-state index contributed by atoms with van der Waals surface area (Å²) in [5, 5.41) is 0. The number of benzene rings is 1. The van der Waals surface area contributed by atoms with Crippen LogP contribution in [-0.4, -0.2) is 158 Å². The minimum absolute atomic E-state index is 0.755. The molecule has 0 amide bonds. The molecule has 0 unspecified atom stereocenters. The van der Waals surface area contributed by atoms with Crippen molar-refractivity contribution < 1.29 is 0 Å². The van der Waals surface area contributed by atoms with Crippen LogP contribution in [0.1, 0.15) is 5.56 Å². The van der Waals surface area contributed by atoms with Gasteiger partial charge in [-0.25, -0.2) is 0 Å². The summed E-state index contributed by atoms with van der Waals surface area (Å²) in [5.74, 6) is 0. The van der Waals surface area contributed by atoms with Gasteiger partial charge < -0.3 is 0 Å². The Morgan fingerprint density at radius 1 is 0.512 bits per heavy atom. The van der Waals surface area contributed by atoms with E-state index in [1.807, 2.05) is 0 Å². The Kier molecular flexibility index (Phi) is 14.4. The van der Waals surface area contributed by atoms with Crippen LogP contribution in [0.25, 0.3) is 0 Å². The molecule has 0 radical (unpaired) electrons. The first kappa shape index (κ1) is 39.3. The maximum absolute atomic E-state index is 6.02. The Labute approximate surface area is 254 Å². The molecule has 16 heteroatoms. The van der Waals surface area contributed by atoms with Gasteiger partial charge in [-0.05, 0) is 0 Å². The third kappa shape index (κ3) is 9.64. The SMILES string of the molecule is CN(C)P(C)(=N[PH](N=P(C)(C)C)(N=P(C)(N(C)C)N(C)C)N=P(N(C)C)(N(C)C)N(C)Cc1ccccc1)N(C)C. The molecule has 41 heavy (non-hydrogen) atoms. The Morgan fingerprint density at radius 3 is 1.17 bits per heavy atom. The Balaban J connectivity index is 4.68. The van der Waals surface area contributed by atoms with E-state index in [2.05, 4.69) is 188 Å². The van der Waals surface area contributed by atoms with Gasteiger partial charge in [-0.15, -0.1) is 0 Å². The normalized spacial score (nSPS) is 14.7. The molecule has 1 aromatic carbocycles. The molecule has 0 heterocycles. The molecule has 0 saturated heterocycles. The van der Waals surface area contributed by atoms with Gasteiger partial charge in [0, 0.05) is 0 Å². The number of nitrogens with zero attached hydrogens (tertiary/aromatic N) is 11. The third-order valence-corrected chi connectivity index (χ3v) is 27.2. The van der Waals surface area contributed by atoms with Gasteiger partial charge in [-0.3, -0.25) is 0 Å². The van der Waals surface area contributed by atoms with Crippen molar-refractivity contribution in [3.63, 3.8) is 0 Å². The molecule has 1 aromatic rings. The van der Waals surface area contributed by atoms with Crippen molar-refractivity contribution in [1.82, 2.24) is 32.7 Å². The minimum atomic E-state index is -3.49. The fraction of sp³-hybridized carbons (Fsp3) is 0.760. The molecule has 0 saturated carbocycles. The Hall–Kier alpha value is 0.290. The van der Waals surface area contributed by atoms with Crippen molar-refractivity contribution in [1.29, 1.82) is 0 Å². The zero-order valence-corrected chi connectivity index (χ0v) is 33.9. The van der Waals surface area contributed by atoms with Gasteiger partial charge in [0.25, 0.3) is 0 Å². The summed E-state index contributed by atoms with van der Waals surface area (Å²) in [5.41, 5.74) is 1.25. The van der Waals surface area contributed by atoms with Gasteiger partial charge in [0.15, 0.2) is 0 Å². The first-order chi connectivity index (χ1) is 18.5. The molecule has 0 aliphatic rings. The van der Waals surface area contributed by atoms with Gasteiger partial charge in [0.1, 0.15) is 0 Å². The number of hydrogen-bond acceptors (Lipinski definition) is 4. The number of rotatable bonds is 13. The molecule has 0 atom stereocenters. The molecule has 0 spiro atoms. The predicted molar refractivity (Wildman–Crippen MR) is 195 cm³/mol. The van der Waals surface area contributed by atoms with Gasteiger partial charge in [0.05, 0.1) is 0 Å². The van der Waals surface area contributed by atoms with Crippen LogP contribution in [0.4, 0.5) is 0 Å². The molecule has 0 aliphatic carbocycles. The van der Waals surface area contributed by atoms with Gasteiger partial charge in [-0.2, -0.15) is 0 Å². The molecular weight excluding hydrogens is 609 g/mol. The van der Waals surface area contributed by atoms with Crippen LogP contribution in [-0.2, 0) is 6.54 Å². The predicted octanol–water partition coefficient (Wildman–Crippen LogP) is 7.26. The average Bonchev–Trinajstić information content (AvgIpc) is 2.80. The average molecular weight is 672 g/mol. The van der Waals surface area contributed by atoms with Crippen LogP contribution in [0.3, 0.4) is 0 Å². The molecule has 0 aliphatic heterocycles. The van der Waals surface area contributed by atoms with Crippen molar-refractivity contribution in [3.05, 3.63) is 35.9 Å². The van der Waals surface area contributed by atoms with E-state index < -0.39 is 37.1 Å². The van der Waals surface area contributed by atoms with Crippen LogP contribution in [0.2, 0.25) is 0 Å². The van der Waals surface area contributed by atoms with Gasteiger partial charge >= 0.3 is 255 Å². The van der Waals surface area contributed by atoms with Crippen molar-refractivity contribution >= 4 is 37.1 Å². The van der Waals surface area contributed by atoms with E-state index in [0.29, 0.717) is 0 Å². The molecule has 0 bridgehead atoms. The van der Waals surface area contributed by atoms with E-state index in [0.717, 1.165) is 6.54 Å². The summed E-state index contributed by atoms with van der Waals surface area (Å²) in [6.07, 6.45) is 0. The molecule has 0 N–H and O–H groups in total. The Bertz CT molecular complexity index is 1140. The van der Waals surface area contributed by atoms with E-state index in [9.17, 15) is 0 Å². The topological polar surface area (TPSA) is 72.1 Å². The fourth-order valence-corrected chi connectivity index (χ4v) is 24.9. The molecule has 242 valence electrons. The van der Waals surface area contributed by atoms with Crippen molar-refractivity contribution in [2.45, 2.75) is 6.54 Å². The quantitative estimate of drug-likeness (QED) is 0.205. The second-order valence-electron chi connectivity index (χ2n) is 12.6. The standard InChI is InChI=1S/C25H62N11P5/c1-30(2)38(17,31(3)4)27-40(26-37(14,15)16,28-39(18,32(5)6)33(7)8)29-41(34(9)10,35(11)12)36(13)24-25-22-20-19-21-23-25/h19-23,40H,24H2,1-18H3. The first-order valence-electron chi connectivity index (χ1n) is 13.7. The van der Waals surface area contributed by atoms with E-state index in [1.165, 1.54) is 5.56 Å². The van der Waals surface area contributed by atoms with Crippen molar-refractivity contribution in [2.75, 3.05) is 125 Å². The van der Waals surface area contributed by atoms with Crippen LogP contribution in [0.15, 0.2) is 48.4 Å². The van der Waals surface area contributed by atoms with Crippen LogP contribution in [0.5, 0.6) is 0 Å². The second-order valence-corrected chi connectivity index (χ2v) is 30.9. The first-order valence-corrected chi connectivity index (χ1v) is 24.4. The summed E-state index contributed by atoms with van der Waals surface area (Å²) in [4.78, 5) is 0. The second kappa shape index (κ2) is 15.0. The molecule has 0 fully saturated rings. The van der Waals surface area contributed by atoms with Gasteiger partial charge in [-0.1, -0.05) is 0 Å². The van der Waals surface area contributed by atoms with Crippen LogP contribution < -0.4 is 0 Å². The molecule has 1 rings (SSSR count). The third-order valence-electron chi connectivity index (χ3n) is 7.17. The van der Waals surface area contributed by atoms with E-state index >= 15 is 0 Å². The van der Waals surface area contributed by atoms with Crippen molar-refractivity contribution in [3.8, 4) is 0 Å².